The van der Waals surface area contributed by atoms with E-state index in [1.165, 1.54) is 17.3 Å². The predicted octanol–water partition coefficient (Wildman–Crippen LogP) is 4.05. The summed E-state index contributed by atoms with van der Waals surface area (Å²) < 4.78 is 6.67. The lowest BCUT2D eigenvalue weighted by molar-refractivity contribution is -0.115. The Labute approximate surface area is 160 Å². The zero-order valence-corrected chi connectivity index (χ0v) is 15.6. The molecule has 134 valence electrons. The number of hydrogen-bond donors (Lipinski definition) is 1. The molecule has 1 N–H and O–H groups in total. The highest BCUT2D eigenvalue weighted by Crippen LogP contribution is 2.28. The van der Waals surface area contributed by atoms with Crippen molar-refractivity contribution < 1.29 is 9.53 Å². The molecule has 2 aromatic carbocycles. The molecule has 0 fully saturated rings. The van der Waals surface area contributed by atoms with Gasteiger partial charge in [-0.1, -0.05) is 17.7 Å². The van der Waals surface area contributed by atoms with Crippen LogP contribution in [0.2, 0.25) is 5.02 Å². The van der Waals surface area contributed by atoms with Crippen molar-refractivity contribution >= 4 is 35.0 Å². The molecule has 6 nitrogen and oxygen atoms in total. The number of anilines is 1. The summed E-state index contributed by atoms with van der Waals surface area (Å²) in [5.74, 6) is 1.39. The number of amides is 1. The Morgan fingerprint density at radius 2 is 2.08 bits per heavy atom. The fourth-order valence-corrected chi connectivity index (χ4v) is 3.43. The van der Waals surface area contributed by atoms with E-state index in [2.05, 4.69) is 15.4 Å². The van der Waals surface area contributed by atoms with Crippen LogP contribution in [0.4, 0.5) is 5.69 Å². The van der Waals surface area contributed by atoms with E-state index in [4.69, 9.17) is 16.3 Å². The van der Waals surface area contributed by atoms with Crippen LogP contribution in [0.15, 0.2) is 60.0 Å². The monoisotopic (exact) mass is 388 g/mol. The summed E-state index contributed by atoms with van der Waals surface area (Å²) in [4.78, 5) is 17.3. The highest BCUT2D eigenvalue weighted by Gasteiger charge is 2.12. The summed E-state index contributed by atoms with van der Waals surface area (Å²) in [5, 5.41) is 7.47. The van der Waals surface area contributed by atoms with Gasteiger partial charge in [0.2, 0.25) is 5.91 Å². The van der Waals surface area contributed by atoms with Gasteiger partial charge < -0.3 is 10.1 Å². The molecule has 0 radical (unpaired) electrons. The number of benzene rings is 2. The third-order valence-corrected chi connectivity index (χ3v) is 4.88. The molecule has 0 aliphatic rings. The van der Waals surface area contributed by atoms with Crippen molar-refractivity contribution in [2.75, 3.05) is 18.2 Å². The van der Waals surface area contributed by atoms with E-state index in [9.17, 15) is 4.79 Å². The van der Waals surface area contributed by atoms with E-state index in [0.29, 0.717) is 28.6 Å². The Hall–Kier alpha value is -2.51. The van der Waals surface area contributed by atoms with Crippen LogP contribution in [-0.4, -0.2) is 33.5 Å². The molecule has 26 heavy (non-hydrogen) atoms. The molecule has 0 unspecified atom stereocenters. The van der Waals surface area contributed by atoms with Crippen molar-refractivity contribution in [1.82, 2.24) is 14.8 Å². The second kappa shape index (κ2) is 8.73. The molecule has 0 aliphatic carbocycles. The number of hydrogen-bond acceptors (Lipinski definition) is 5. The zero-order valence-electron chi connectivity index (χ0n) is 14.1. The number of carbonyl (C=O) groups excluding carboxylic acids is 1. The fourth-order valence-electron chi connectivity index (χ4n) is 2.32. The van der Waals surface area contributed by atoms with Gasteiger partial charge in [0.25, 0.3) is 0 Å². The summed E-state index contributed by atoms with van der Waals surface area (Å²) in [6.45, 7) is 0. The number of ether oxygens (including phenoxy) is 1. The third kappa shape index (κ3) is 4.56. The van der Waals surface area contributed by atoms with Crippen molar-refractivity contribution in [1.29, 1.82) is 0 Å². The van der Waals surface area contributed by atoms with E-state index in [-0.39, 0.29) is 5.91 Å². The minimum absolute atomic E-state index is 0.0883. The minimum atomic E-state index is -0.0883. The molecule has 0 spiro atoms. The number of halogens is 1. The van der Waals surface area contributed by atoms with Gasteiger partial charge in [0, 0.05) is 17.1 Å². The fraction of sp³-hybridized carbons (Fsp3) is 0.167. The summed E-state index contributed by atoms with van der Waals surface area (Å²) in [5.41, 5.74) is 1.20. The van der Waals surface area contributed by atoms with Crippen molar-refractivity contribution in [2.45, 2.75) is 11.3 Å². The molecule has 8 heteroatoms. The van der Waals surface area contributed by atoms with Crippen LogP contribution in [0.25, 0.3) is 5.69 Å². The number of methoxy groups -OCH3 is 1. The van der Waals surface area contributed by atoms with Gasteiger partial charge in [-0.05, 0) is 36.4 Å². The molecule has 1 amide bonds. The average Bonchev–Trinajstić information content (AvgIpc) is 3.16. The van der Waals surface area contributed by atoms with Crippen molar-refractivity contribution in [2.24, 2.45) is 0 Å². The first-order valence-corrected chi connectivity index (χ1v) is 9.24. The van der Waals surface area contributed by atoms with Crippen molar-refractivity contribution in [3.8, 4) is 11.4 Å². The Bertz CT molecular complexity index is 869. The number of para-hydroxylation sites is 1. The first kappa shape index (κ1) is 18.3. The average molecular weight is 389 g/mol. The molecular formula is C18H17ClN4O2S. The molecule has 3 rings (SSSR count). The number of carbonyl (C=O) groups is 1. The van der Waals surface area contributed by atoms with E-state index < -0.39 is 0 Å². The van der Waals surface area contributed by atoms with Crippen molar-refractivity contribution in [3.63, 3.8) is 0 Å². The number of rotatable bonds is 7. The van der Waals surface area contributed by atoms with Gasteiger partial charge in [0.15, 0.2) is 0 Å². The molecule has 0 atom stereocenters. The maximum Gasteiger partial charge on any atom is 0.225 e. The lowest BCUT2D eigenvalue weighted by atomic mass is 10.2. The largest absolute Gasteiger partial charge is 0.497 e. The maximum absolute atomic E-state index is 12.3. The van der Waals surface area contributed by atoms with Gasteiger partial charge >= 0.3 is 0 Å². The predicted molar refractivity (Wildman–Crippen MR) is 103 cm³/mol. The van der Waals surface area contributed by atoms with Crippen molar-refractivity contribution in [3.05, 3.63) is 60.1 Å². The van der Waals surface area contributed by atoms with Gasteiger partial charge in [0.05, 0.1) is 17.8 Å². The molecule has 1 heterocycles. The number of aromatic nitrogens is 3. The molecule has 1 aromatic heterocycles. The summed E-state index contributed by atoms with van der Waals surface area (Å²) >= 11 is 7.87. The molecule has 3 aromatic rings. The Balaban J connectivity index is 1.59. The standard InChI is InChI=1S/C18H17ClN4O2S/c1-25-13-5-7-14(8-6-13)26-10-9-17(24)22-16-4-2-3-15(19)18(16)23-12-20-11-21-23/h2-8,11-12H,9-10H2,1H3,(H,22,24). The van der Waals surface area contributed by atoms with Crippen LogP contribution in [0.3, 0.4) is 0 Å². The van der Waals surface area contributed by atoms with Gasteiger partial charge in [-0.3, -0.25) is 4.79 Å². The van der Waals surface area contributed by atoms with Gasteiger partial charge in [0.1, 0.15) is 24.1 Å². The van der Waals surface area contributed by atoms with E-state index in [1.54, 1.807) is 37.1 Å². The van der Waals surface area contributed by atoms with E-state index in [1.807, 2.05) is 24.3 Å². The topological polar surface area (TPSA) is 69.0 Å². The van der Waals surface area contributed by atoms with E-state index in [0.717, 1.165) is 10.6 Å². The Kier molecular flexibility index (Phi) is 6.14. The molecule has 0 bridgehead atoms. The SMILES string of the molecule is COc1ccc(SCCC(=O)Nc2cccc(Cl)c2-n2cncn2)cc1. The summed E-state index contributed by atoms with van der Waals surface area (Å²) in [6.07, 6.45) is 3.33. The number of nitrogens with zero attached hydrogens (tertiary/aromatic N) is 3. The van der Waals surface area contributed by atoms with Gasteiger partial charge in [-0.2, -0.15) is 5.10 Å². The Morgan fingerprint density at radius 1 is 1.27 bits per heavy atom. The third-order valence-electron chi connectivity index (χ3n) is 3.57. The first-order chi connectivity index (χ1) is 12.7. The van der Waals surface area contributed by atoms with Crippen LogP contribution in [-0.2, 0) is 4.79 Å². The van der Waals surface area contributed by atoms with Gasteiger partial charge in [-0.15, -0.1) is 11.8 Å². The number of nitrogens with one attached hydrogen (secondary N) is 1. The first-order valence-electron chi connectivity index (χ1n) is 7.87. The summed E-state index contributed by atoms with van der Waals surface area (Å²) in [7, 11) is 1.63. The highest BCUT2D eigenvalue weighted by molar-refractivity contribution is 7.99. The number of thioether (sulfide) groups is 1. The summed E-state index contributed by atoms with van der Waals surface area (Å²) in [6, 6.07) is 13.1. The van der Waals surface area contributed by atoms with E-state index >= 15 is 0 Å². The normalized spacial score (nSPS) is 10.5. The smallest absolute Gasteiger partial charge is 0.225 e. The zero-order chi connectivity index (χ0) is 18.4. The van der Waals surface area contributed by atoms with Gasteiger partial charge in [-0.25, -0.2) is 9.67 Å². The minimum Gasteiger partial charge on any atom is -0.497 e. The molecular weight excluding hydrogens is 372 g/mol. The lowest BCUT2D eigenvalue weighted by Gasteiger charge is -2.12. The lowest BCUT2D eigenvalue weighted by Crippen LogP contribution is -2.14. The second-order valence-corrected chi connectivity index (χ2v) is 6.87. The quantitative estimate of drug-likeness (QED) is 0.618. The highest BCUT2D eigenvalue weighted by atomic mass is 35.5. The van der Waals surface area contributed by atoms with Crippen LogP contribution in [0.1, 0.15) is 6.42 Å². The molecule has 0 saturated heterocycles. The van der Waals surface area contributed by atoms with Crippen LogP contribution in [0.5, 0.6) is 5.75 Å². The van der Waals surface area contributed by atoms with Crippen LogP contribution in [0, 0.1) is 0 Å². The Morgan fingerprint density at radius 3 is 2.77 bits per heavy atom. The molecule has 0 aliphatic heterocycles. The van der Waals surface area contributed by atoms with Crippen LogP contribution < -0.4 is 10.1 Å². The second-order valence-electron chi connectivity index (χ2n) is 5.30. The maximum atomic E-state index is 12.3. The molecule has 0 saturated carbocycles. The van der Waals surface area contributed by atoms with Crippen LogP contribution >= 0.6 is 23.4 Å².